The van der Waals surface area contributed by atoms with Crippen LogP contribution in [0.2, 0.25) is 0 Å². The van der Waals surface area contributed by atoms with Gasteiger partial charge in [-0.3, -0.25) is 5.01 Å². The molecule has 5 rings (SSSR count). The highest BCUT2D eigenvalue weighted by Gasteiger charge is 2.34. The Morgan fingerprint density at radius 3 is 2.38 bits per heavy atom. The number of rotatable bonds is 6. The summed E-state index contributed by atoms with van der Waals surface area (Å²) < 4.78 is 16.8. The van der Waals surface area contributed by atoms with Crippen LogP contribution in [0, 0.1) is 0 Å². The monoisotopic (exact) mass is 454 g/mol. The number of hydrogen-bond donors (Lipinski definition) is 1. The van der Waals surface area contributed by atoms with Gasteiger partial charge in [-0.15, -0.1) is 0 Å². The Kier molecular flexibility index (Phi) is 5.72. The van der Waals surface area contributed by atoms with E-state index in [2.05, 4.69) is 0 Å². The lowest BCUT2D eigenvalue weighted by molar-refractivity contribution is 0.387. The van der Waals surface area contributed by atoms with E-state index in [1.165, 1.54) is 0 Å². The van der Waals surface area contributed by atoms with Gasteiger partial charge in [-0.1, -0.05) is 42.5 Å². The number of methoxy groups -OCH3 is 3. The third-order valence-corrected chi connectivity index (χ3v) is 6.25. The lowest BCUT2D eigenvalue weighted by Gasteiger charge is -2.26. The molecule has 0 amide bonds. The zero-order valence-electron chi connectivity index (χ0n) is 19.4. The van der Waals surface area contributed by atoms with Crippen LogP contribution < -0.4 is 19.2 Å². The van der Waals surface area contributed by atoms with Crippen LogP contribution in [0.3, 0.4) is 0 Å². The van der Waals surface area contributed by atoms with E-state index >= 15 is 0 Å². The van der Waals surface area contributed by atoms with Crippen molar-refractivity contribution in [1.82, 2.24) is 0 Å². The van der Waals surface area contributed by atoms with Gasteiger partial charge < -0.3 is 19.3 Å². The number of ether oxygens (including phenoxy) is 3. The van der Waals surface area contributed by atoms with Crippen LogP contribution in [-0.4, -0.2) is 32.1 Å². The Bertz CT molecular complexity index is 1380. The predicted octanol–water partition coefficient (Wildman–Crippen LogP) is 5.93. The van der Waals surface area contributed by atoms with Crippen LogP contribution in [0.15, 0.2) is 84.0 Å². The maximum Gasteiger partial charge on any atom is 0.144 e. The fourth-order valence-corrected chi connectivity index (χ4v) is 4.54. The highest BCUT2D eigenvalue weighted by atomic mass is 16.5. The normalized spacial score (nSPS) is 15.3. The lowest BCUT2D eigenvalue weighted by atomic mass is 9.95. The first-order valence-corrected chi connectivity index (χ1v) is 11.1. The molecule has 0 saturated heterocycles. The number of hydrogen-bond acceptors (Lipinski definition) is 6. The number of anilines is 1. The van der Waals surface area contributed by atoms with Crippen LogP contribution in [0.4, 0.5) is 5.69 Å². The minimum absolute atomic E-state index is 0.168. The molecule has 1 aliphatic rings. The van der Waals surface area contributed by atoms with Crippen molar-refractivity contribution in [2.45, 2.75) is 12.5 Å². The fraction of sp³-hybridized carbons (Fsp3) is 0.179. The first-order chi connectivity index (χ1) is 16.6. The summed E-state index contributed by atoms with van der Waals surface area (Å²) in [6, 6.07) is 25.2. The maximum absolute atomic E-state index is 11.1. The molecule has 4 aromatic carbocycles. The molecule has 1 atom stereocenters. The van der Waals surface area contributed by atoms with E-state index in [4.69, 9.17) is 19.3 Å². The molecule has 0 bridgehead atoms. The molecule has 0 aliphatic carbocycles. The summed E-state index contributed by atoms with van der Waals surface area (Å²) >= 11 is 0. The molecule has 6 nitrogen and oxygen atoms in total. The molecule has 0 aromatic heterocycles. The maximum atomic E-state index is 11.1. The van der Waals surface area contributed by atoms with Gasteiger partial charge in [0, 0.05) is 29.0 Å². The highest BCUT2D eigenvalue weighted by molar-refractivity contribution is 6.09. The number of benzene rings is 4. The Balaban J connectivity index is 1.66. The van der Waals surface area contributed by atoms with Crippen molar-refractivity contribution in [1.29, 1.82) is 0 Å². The van der Waals surface area contributed by atoms with Crippen molar-refractivity contribution in [3.63, 3.8) is 0 Å². The molecule has 1 unspecified atom stereocenters. The van der Waals surface area contributed by atoms with Gasteiger partial charge in [-0.2, -0.15) is 5.10 Å². The Labute approximate surface area is 198 Å². The average Bonchev–Trinajstić information content (AvgIpc) is 3.33. The van der Waals surface area contributed by atoms with Gasteiger partial charge in [0.1, 0.15) is 28.7 Å². The number of hydrazone groups is 1. The minimum atomic E-state index is -0.168. The summed E-state index contributed by atoms with van der Waals surface area (Å²) in [5.41, 5.74) is 3.31. The number of para-hydroxylation sites is 2. The van der Waals surface area contributed by atoms with Crippen molar-refractivity contribution < 1.29 is 19.3 Å². The number of phenols is 1. The number of nitrogens with zero attached hydrogens (tertiary/aromatic N) is 2. The minimum Gasteiger partial charge on any atom is -0.507 e. The number of fused-ring (bicyclic) bond motifs is 1. The summed E-state index contributed by atoms with van der Waals surface area (Å²) in [4.78, 5) is 0. The molecule has 0 saturated carbocycles. The molecule has 0 spiro atoms. The fourth-order valence-electron chi connectivity index (χ4n) is 4.54. The molecule has 1 heterocycles. The summed E-state index contributed by atoms with van der Waals surface area (Å²) in [6.07, 6.45) is 0.576. The van der Waals surface area contributed by atoms with Gasteiger partial charge in [-0.25, -0.2) is 0 Å². The van der Waals surface area contributed by atoms with E-state index in [0.29, 0.717) is 23.5 Å². The third kappa shape index (κ3) is 3.67. The Morgan fingerprint density at radius 1 is 0.824 bits per heavy atom. The second kappa shape index (κ2) is 8.98. The molecule has 1 N–H and O–H groups in total. The summed E-state index contributed by atoms with van der Waals surface area (Å²) in [5, 5.41) is 19.9. The van der Waals surface area contributed by atoms with Crippen LogP contribution in [0.1, 0.15) is 23.6 Å². The molecule has 172 valence electrons. The van der Waals surface area contributed by atoms with Gasteiger partial charge >= 0.3 is 0 Å². The zero-order chi connectivity index (χ0) is 23.7. The molecule has 1 aliphatic heterocycles. The van der Waals surface area contributed by atoms with Crippen molar-refractivity contribution in [3.05, 3.63) is 90.0 Å². The van der Waals surface area contributed by atoms with Crippen LogP contribution in [0.25, 0.3) is 10.8 Å². The quantitative estimate of drug-likeness (QED) is 0.391. The van der Waals surface area contributed by atoms with Crippen molar-refractivity contribution in [2.24, 2.45) is 5.10 Å². The summed E-state index contributed by atoms with van der Waals surface area (Å²) in [6.45, 7) is 0. The highest BCUT2D eigenvalue weighted by Crippen LogP contribution is 2.45. The van der Waals surface area contributed by atoms with E-state index in [1.807, 2.05) is 83.9 Å². The average molecular weight is 455 g/mol. The standard InChI is InChI=1S/C28H26N2O4/c1-32-19-13-15-22(27(16-19)34-3)25-17-23(29-30(25)24-10-6-7-11-26(24)33-2)21-14-12-18-8-4-5-9-20(18)28(21)31/h4-16,25,31H,17H2,1-3H3. The lowest BCUT2D eigenvalue weighted by Crippen LogP contribution is -2.20. The van der Waals surface area contributed by atoms with Crippen LogP contribution >= 0.6 is 0 Å². The predicted molar refractivity (Wildman–Crippen MR) is 135 cm³/mol. The Hall–Kier alpha value is -4.19. The topological polar surface area (TPSA) is 63.5 Å². The molecule has 34 heavy (non-hydrogen) atoms. The van der Waals surface area contributed by atoms with Crippen molar-refractivity contribution >= 4 is 22.2 Å². The molecule has 0 fully saturated rings. The summed E-state index contributed by atoms with van der Waals surface area (Å²) in [5.74, 6) is 2.38. The van der Waals surface area contributed by atoms with Gasteiger partial charge in [0.15, 0.2) is 0 Å². The van der Waals surface area contributed by atoms with E-state index in [9.17, 15) is 5.11 Å². The molecular weight excluding hydrogens is 428 g/mol. The van der Waals surface area contributed by atoms with Crippen LogP contribution in [0.5, 0.6) is 23.0 Å². The Morgan fingerprint density at radius 2 is 1.59 bits per heavy atom. The summed E-state index contributed by atoms with van der Waals surface area (Å²) in [7, 11) is 4.93. The number of phenolic OH excluding ortho intramolecular Hbond substituents is 1. The van der Waals surface area contributed by atoms with Gasteiger partial charge in [0.25, 0.3) is 0 Å². The van der Waals surface area contributed by atoms with Gasteiger partial charge in [0.2, 0.25) is 0 Å². The zero-order valence-corrected chi connectivity index (χ0v) is 19.4. The molecule has 6 heteroatoms. The first kappa shape index (κ1) is 21.6. The second-order valence-corrected chi connectivity index (χ2v) is 8.07. The second-order valence-electron chi connectivity index (χ2n) is 8.07. The number of aromatic hydroxyl groups is 1. The van der Waals surface area contributed by atoms with Crippen molar-refractivity contribution in [2.75, 3.05) is 26.3 Å². The smallest absolute Gasteiger partial charge is 0.144 e. The first-order valence-electron chi connectivity index (χ1n) is 11.1. The molecule has 4 aromatic rings. The van der Waals surface area contributed by atoms with Crippen LogP contribution in [-0.2, 0) is 0 Å². The molecule has 0 radical (unpaired) electrons. The SMILES string of the molecule is COc1ccc(C2CC(c3ccc4ccccc4c3O)=NN2c2ccccc2OC)c(OC)c1. The largest absolute Gasteiger partial charge is 0.507 e. The van der Waals surface area contributed by atoms with Gasteiger partial charge in [0.05, 0.1) is 33.1 Å². The van der Waals surface area contributed by atoms with E-state index < -0.39 is 0 Å². The van der Waals surface area contributed by atoms with Gasteiger partial charge in [-0.05, 0) is 35.7 Å². The van der Waals surface area contributed by atoms with E-state index in [1.54, 1.807) is 21.3 Å². The van der Waals surface area contributed by atoms with E-state index in [-0.39, 0.29) is 11.8 Å². The van der Waals surface area contributed by atoms with Crippen molar-refractivity contribution in [3.8, 4) is 23.0 Å². The van der Waals surface area contributed by atoms with E-state index in [0.717, 1.165) is 33.5 Å². The molecular formula is C28H26N2O4. The third-order valence-electron chi connectivity index (χ3n) is 6.25.